The van der Waals surface area contributed by atoms with Crippen molar-refractivity contribution in [2.24, 2.45) is 23.7 Å². The predicted octanol–water partition coefficient (Wildman–Crippen LogP) is 4.27. The number of hydrogen-bond donors (Lipinski definition) is 2. The first-order chi connectivity index (χ1) is 17.8. The lowest BCUT2D eigenvalue weighted by Gasteiger charge is -2.34. The minimum absolute atomic E-state index is 0.00197. The van der Waals surface area contributed by atoms with Gasteiger partial charge in [0.15, 0.2) is 0 Å². The Labute approximate surface area is 221 Å². The summed E-state index contributed by atoms with van der Waals surface area (Å²) in [6, 6.07) is 0. The van der Waals surface area contributed by atoms with Gasteiger partial charge >= 0.3 is 17.9 Å². The first-order valence-corrected chi connectivity index (χ1v) is 13.9. The third-order valence-corrected chi connectivity index (χ3v) is 7.88. The van der Waals surface area contributed by atoms with Gasteiger partial charge in [0.25, 0.3) is 0 Å². The molecule has 0 radical (unpaired) electrons. The lowest BCUT2D eigenvalue weighted by molar-refractivity contribution is -0.157. The van der Waals surface area contributed by atoms with Crippen LogP contribution in [0.4, 0.5) is 0 Å². The molecule has 2 aliphatic carbocycles. The van der Waals surface area contributed by atoms with Crippen LogP contribution in [0.1, 0.15) is 84.0 Å². The first-order valence-electron chi connectivity index (χ1n) is 13.9. The van der Waals surface area contributed by atoms with Gasteiger partial charge in [0.2, 0.25) is 0 Å². The summed E-state index contributed by atoms with van der Waals surface area (Å²) < 4.78 is 16.5. The largest absolute Gasteiger partial charge is 0.462 e. The van der Waals surface area contributed by atoms with E-state index in [9.17, 15) is 14.4 Å². The van der Waals surface area contributed by atoms with Gasteiger partial charge in [0, 0.05) is 5.92 Å². The highest BCUT2D eigenvalue weighted by atomic mass is 16.6. The van der Waals surface area contributed by atoms with E-state index in [1.807, 2.05) is 0 Å². The number of aliphatic hydroxyl groups excluding tert-OH is 2. The number of esters is 3. The van der Waals surface area contributed by atoms with Gasteiger partial charge in [-0.15, -0.1) is 0 Å². The molecule has 8 heteroatoms. The first kappa shape index (κ1) is 31.0. The average molecular weight is 523 g/mol. The highest BCUT2D eigenvalue weighted by Crippen LogP contribution is 2.36. The summed E-state index contributed by atoms with van der Waals surface area (Å²) in [4.78, 5) is 36.8. The lowest BCUT2D eigenvalue weighted by Crippen LogP contribution is -2.34. The summed E-state index contributed by atoms with van der Waals surface area (Å²) in [5.41, 5.74) is -0.100. The van der Waals surface area contributed by atoms with Crippen LogP contribution in [0.25, 0.3) is 0 Å². The molecule has 210 valence electrons. The number of unbranched alkanes of at least 4 members (excludes halogenated alkanes) is 2. The van der Waals surface area contributed by atoms with Gasteiger partial charge < -0.3 is 24.4 Å². The van der Waals surface area contributed by atoms with Crippen LogP contribution in [0.3, 0.4) is 0 Å². The summed E-state index contributed by atoms with van der Waals surface area (Å²) in [7, 11) is 0. The van der Waals surface area contributed by atoms with E-state index in [2.05, 4.69) is 20.1 Å². The third kappa shape index (κ3) is 10.6. The molecular formula is C29H46O8. The molecule has 37 heavy (non-hydrogen) atoms. The third-order valence-electron chi connectivity index (χ3n) is 7.88. The van der Waals surface area contributed by atoms with Crippen LogP contribution in [-0.2, 0) is 28.6 Å². The van der Waals surface area contributed by atoms with E-state index in [1.54, 1.807) is 0 Å². The fourth-order valence-electron chi connectivity index (χ4n) is 5.33. The van der Waals surface area contributed by atoms with Crippen molar-refractivity contribution in [3.63, 3.8) is 0 Å². The van der Waals surface area contributed by atoms with E-state index in [-0.39, 0.29) is 54.2 Å². The zero-order valence-corrected chi connectivity index (χ0v) is 22.5. The maximum atomic E-state index is 12.9. The molecule has 0 aromatic carbocycles. The number of carbonyl (C=O) groups is 3. The second-order valence-electron chi connectivity index (χ2n) is 10.7. The van der Waals surface area contributed by atoms with Crippen molar-refractivity contribution in [3.05, 3.63) is 24.3 Å². The van der Waals surface area contributed by atoms with E-state index in [0.29, 0.717) is 25.7 Å². The summed E-state index contributed by atoms with van der Waals surface area (Å²) >= 11 is 0. The smallest absolute Gasteiger partial charge is 0.335 e. The van der Waals surface area contributed by atoms with E-state index in [0.717, 1.165) is 31.6 Å². The van der Waals surface area contributed by atoms with Gasteiger partial charge in [0.1, 0.15) is 6.10 Å². The van der Waals surface area contributed by atoms with Gasteiger partial charge in [-0.05, 0) is 63.2 Å². The van der Waals surface area contributed by atoms with Crippen molar-refractivity contribution in [2.45, 2.75) is 90.1 Å². The second kappa shape index (κ2) is 16.6. The number of ether oxygens (including phenoxy) is 3. The molecule has 0 saturated heterocycles. The van der Waals surface area contributed by atoms with Gasteiger partial charge in [-0.1, -0.05) is 45.8 Å². The second-order valence-corrected chi connectivity index (χ2v) is 10.7. The molecule has 0 aromatic heterocycles. The Kier molecular flexibility index (Phi) is 13.9. The van der Waals surface area contributed by atoms with Crippen LogP contribution >= 0.6 is 0 Å². The highest BCUT2D eigenvalue weighted by Gasteiger charge is 2.34. The summed E-state index contributed by atoms with van der Waals surface area (Å²) in [6.07, 6.45) is 12.1. The Morgan fingerprint density at radius 3 is 1.84 bits per heavy atom. The molecule has 0 bridgehead atoms. The van der Waals surface area contributed by atoms with E-state index < -0.39 is 25.2 Å². The fraction of sp³-hybridized carbons (Fsp3) is 0.759. The van der Waals surface area contributed by atoms with Crippen LogP contribution in [0, 0.1) is 23.7 Å². The van der Waals surface area contributed by atoms with Crippen molar-refractivity contribution in [3.8, 4) is 0 Å². The van der Waals surface area contributed by atoms with E-state index in [4.69, 9.17) is 24.4 Å². The van der Waals surface area contributed by atoms with Crippen LogP contribution in [0.15, 0.2) is 24.3 Å². The molecule has 0 atom stereocenters. The van der Waals surface area contributed by atoms with Crippen LogP contribution in [0.2, 0.25) is 0 Å². The molecule has 0 aromatic rings. The van der Waals surface area contributed by atoms with Crippen molar-refractivity contribution < 1.29 is 38.8 Å². The summed E-state index contributed by atoms with van der Waals surface area (Å²) in [5, 5.41) is 18.2. The molecule has 8 nitrogen and oxygen atoms in total. The Hall–Kier alpha value is -2.19. The molecule has 2 N–H and O–H groups in total. The topological polar surface area (TPSA) is 119 Å². The molecule has 2 saturated carbocycles. The number of carbonyl (C=O) groups excluding carboxylic acids is 3. The monoisotopic (exact) mass is 522 g/mol. The number of hydrogen-bond acceptors (Lipinski definition) is 8. The van der Waals surface area contributed by atoms with Crippen molar-refractivity contribution >= 4 is 17.9 Å². The molecule has 0 aliphatic heterocycles. The molecule has 2 rings (SSSR count). The minimum atomic E-state index is -0.698. The Bertz CT molecular complexity index is 728. The van der Waals surface area contributed by atoms with Gasteiger partial charge in [0.05, 0.1) is 43.5 Å². The molecule has 0 heterocycles. The van der Waals surface area contributed by atoms with Gasteiger partial charge in [-0.2, -0.15) is 0 Å². The predicted molar refractivity (Wildman–Crippen MR) is 139 cm³/mol. The van der Waals surface area contributed by atoms with Crippen molar-refractivity contribution in [1.29, 1.82) is 0 Å². The maximum Gasteiger partial charge on any atom is 0.335 e. The average Bonchev–Trinajstić information content (AvgIpc) is 2.92. The van der Waals surface area contributed by atoms with Gasteiger partial charge in [-0.25, -0.2) is 9.59 Å². The molecular weight excluding hydrogens is 476 g/mol. The molecule has 2 aliphatic rings. The van der Waals surface area contributed by atoms with Crippen LogP contribution < -0.4 is 0 Å². The molecule has 2 fully saturated rings. The number of rotatable bonds is 15. The minimum Gasteiger partial charge on any atom is -0.462 e. The van der Waals surface area contributed by atoms with Crippen molar-refractivity contribution in [1.82, 2.24) is 0 Å². The normalized spacial score (nSPS) is 23.8. The number of aliphatic hydroxyl groups is 2. The SMILES string of the molecule is C=C(CO)C(=O)OCC(COC(=O)C(=C)CO)C1CCC(C(=O)OC2CCC(CCCCC)CC2)CC1. The zero-order valence-electron chi connectivity index (χ0n) is 22.5. The van der Waals surface area contributed by atoms with E-state index in [1.165, 1.54) is 25.7 Å². The van der Waals surface area contributed by atoms with Crippen molar-refractivity contribution in [2.75, 3.05) is 26.4 Å². The fourth-order valence-corrected chi connectivity index (χ4v) is 5.33. The van der Waals surface area contributed by atoms with E-state index >= 15 is 0 Å². The molecule has 0 amide bonds. The zero-order chi connectivity index (χ0) is 27.2. The van der Waals surface area contributed by atoms with Gasteiger partial charge in [-0.3, -0.25) is 4.79 Å². The maximum absolute atomic E-state index is 12.9. The Balaban J connectivity index is 1.82. The Morgan fingerprint density at radius 2 is 1.35 bits per heavy atom. The lowest BCUT2D eigenvalue weighted by atomic mass is 9.76. The molecule has 0 unspecified atom stereocenters. The summed E-state index contributed by atoms with van der Waals surface area (Å²) in [5.74, 6) is -1.10. The van der Waals surface area contributed by atoms with Crippen LogP contribution in [-0.4, -0.2) is 60.7 Å². The summed E-state index contributed by atoms with van der Waals surface area (Å²) in [6.45, 7) is 8.16. The van der Waals surface area contributed by atoms with Crippen LogP contribution in [0.5, 0.6) is 0 Å². The quantitative estimate of drug-likeness (QED) is 0.142. The standard InChI is InChI=1S/C29H46O8/c1-4-5-6-7-22-8-14-26(15-9-22)37-29(34)24-12-10-23(11-13-24)25(18-35-27(32)20(2)16-30)19-36-28(33)21(3)17-31/h22-26,30-31H,2-19H2,1H3. The Morgan fingerprint density at radius 1 is 0.811 bits per heavy atom. The molecule has 0 spiro atoms. The highest BCUT2D eigenvalue weighted by molar-refractivity contribution is 5.88.